The lowest BCUT2D eigenvalue weighted by molar-refractivity contribution is 0.103. The minimum atomic E-state index is -0.320. The quantitative estimate of drug-likeness (QED) is 0.289. The Balaban J connectivity index is 1.57. The molecule has 10 heteroatoms. The highest BCUT2D eigenvalue weighted by Gasteiger charge is 2.19. The Morgan fingerprint density at radius 2 is 2.13 bits per heavy atom. The molecular formula is C20H16FN5OS3. The van der Waals surface area contributed by atoms with E-state index >= 15 is 0 Å². The highest BCUT2D eigenvalue weighted by atomic mass is 32.1. The van der Waals surface area contributed by atoms with Crippen LogP contribution in [0.25, 0.3) is 21.1 Å². The van der Waals surface area contributed by atoms with E-state index in [0.29, 0.717) is 37.6 Å². The van der Waals surface area contributed by atoms with Gasteiger partial charge in [-0.2, -0.15) is 5.10 Å². The number of thiazole rings is 1. The number of amides is 1. The molecule has 152 valence electrons. The first-order valence-electron chi connectivity index (χ1n) is 8.88. The van der Waals surface area contributed by atoms with Crippen LogP contribution in [-0.2, 0) is 6.54 Å². The van der Waals surface area contributed by atoms with Crippen LogP contribution in [0.4, 0.5) is 9.52 Å². The van der Waals surface area contributed by atoms with Gasteiger partial charge in [0.25, 0.3) is 5.91 Å². The van der Waals surface area contributed by atoms with Crippen LogP contribution in [0.2, 0.25) is 0 Å². The zero-order chi connectivity index (χ0) is 21.3. The van der Waals surface area contributed by atoms with E-state index in [4.69, 9.17) is 12.2 Å². The highest BCUT2D eigenvalue weighted by molar-refractivity contribution is 7.71. The summed E-state index contributed by atoms with van der Waals surface area (Å²) in [6.07, 6.45) is 1.73. The predicted molar refractivity (Wildman–Crippen MR) is 121 cm³/mol. The van der Waals surface area contributed by atoms with Gasteiger partial charge in [0.05, 0.1) is 15.4 Å². The van der Waals surface area contributed by atoms with Crippen LogP contribution in [0.3, 0.4) is 0 Å². The summed E-state index contributed by atoms with van der Waals surface area (Å²) in [5, 5.41) is 10.3. The van der Waals surface area contributed by atoms with Crippen molar-refractivity contribution in [2.24, 2.45) is 0 Å². The molecule has 4 aromatic rings. The van der Waals surface area contributed by atoms with Crippen LogP contribution < -0.4 is 5.32 Å². The summed E-state index contributed by atoms with van der Waals surface area (Å²) in [7, 11) is 0. The number of carbonyl (C=O) groups is 1. The Hall–Kier alpha value is -2.95. The maximum atomic E-state index is 14.0. The molecule has 0 unspecified atom stereocenters. The van der Waals surface area contributed by atoms with Crippen LogP contribution in [0.15, 0.2) is 49.1 Å². The van der Waals surface area contributed by atoms with E-state index in [9.17, 15) is 9.18 Å². The fraction of sp³-hybridized carbons (Fsp3) is 0.100. The van der Waals surface area contributed by atoms with Crippen LogP contribution in [0.5, 0.6) is 0 Å². The van der Waals surface area contributed by atoms with Gasteiger partial charge >= 0.3 is 0 Å². The zero-order valence-electron chi connectivity index (χ0n) is 15.8. The molecule has 0 saturated carbocycles. The number of aryl methyl sites for hydroxylation is 1. The Morgan fingerprint density at radius 3 is 2.90 bits per heavy atom. The molecular weight excluding hydrogens is 441 g/mol. The van der Waals surface area contributed by atoms with Crippen molar-refractivity contribution in [3.05, 3.63) is 70.2 Å². The summed E-state index contributed by atoms with van der Waals surface area (Å²) in [5.74, 6) is 0.0284. The number of aromatic amines is 1. The number of carbonyl (C=O) groups excluding carboxylic acids is 1. The SMILES string of the molecule is C=CCn1c(-c2sc(NC(=O)c3ccc(-c4ccccc4F)s3)nc2C)n[nH]c1=S. The largest absolute Gasteiger partial charge is 0.297 e. The summed E-state index contributed by atoms with van der Waals surface area (Å²) in [6, 6.07) is 9.91. The van der Waals surface area contributed by atoms with Gasteiger partial charge in [0.15, 0.2) is 15.7 Å². The summed E-state index contributed by atoms with van der Waals surface area (Å²) in [4.78, 5) is 19.1. The Kier molecular flexibility index (Phi) is 5.71. The predicted octanol–water partition coefficient (Wildman–Crippen LogP) is 5.68. The lowest BCUT2D eigenvalue weighted by Gasteiger charge is -2.01. The van der Waals surface area contributed by atoms with E-state index in [0.717, 1.165) is 10.6 Å². The number of nitrogens with one attached hydrogen (secondary N) is 2. The molecule has 3 heterocycles. The topological polar surface area (TPSA) is 75.6 Å². The second-order valence-electron chi connectivity index (χ2n) is 6.28. The van der Waals surface area contributed by atoms with Crippen molar-refractivity contribution < 1.29 is 9.18 Å². The number of H-pyrrole nitrogens is 1. The molecule has 0 spiro atoms. The van der Waals surface area contributed by atoms with Gasteiger partial charge in [-0.25, -0.2) is 9.37 Å². The van der Waals surface area contributed by atoms with Crippen molar-refractivity contribution >= 4 is 45.9 Å². The Labute approximate surface area is 184 Å². The van der Waals surface area contributed by atoms with Crippen molar-refractivity contribution in [3.63, 3.8) is 0 Å². The zero-order valence-corrected chi connectivity index (χ0v) is 18.3. The van der Waals surface area contributed by atoms with Gasteiger partial charge in [-0.3, -0.25) is 19.8 Å². The van der Waals surface area contributed by atoms with Gasteiger partial charge in [-0.05, 0) is 37.3 Å². The van der Waals surface area contributed by atoms with Crippen molar-refractivity contribution in [1.82, 2.24) is 19.7 Å². The maximum absolute atomic E-state index is 14.0. The monoisotopic (exact) mass is 457 g/mol. The molecule has 1 aromatic carbocycles. The fourth-order valence-corrected chi connectivity index (χ4v) is 4.97. The lowest BCUT2D eigenvalue weighted by atomic mass is 10.2. The first-order valence-corrected chi connectivity index (χ1v) is 10.9. The number of nitrogens with zero attached hydrogens (tertiary/aromatic N) is 3. The second kappa shape index (κ2) is 8.42. The summed E-state index contributed by atoms with van der Waals surface area (Å²) in [6.45, 7) is 6.10. The molecule has 0 aliphatic carbocycles. The number of rotatable bonds is 6. The molecule has 4 rings (SSSR count). The van der Waals surface area contributed by atoms with E-state index in [1.165, 1.54) is 28.7 Å². The molecule has 0 aliphatic heterocycles. The Bertz CT molecular complexity index is 1300. The minimum Gasteiger partial charge on any atom is -0.297 e. The number of halogens is 1. The minimum absolute atomic E-state index is 0.298. The molecule has 0 radical (unpaired) electrons. The molecule has 0 fully saturated rings. The fourth-order valence-electron chi connectivity index (χ4n) is 2.87. The van der Waals surface area contributed by atoms with E-state index in [-0.39, 0.29) is 11.7 Å². The first-order chi connectivity index (χ1) is 14.5. The van der Waals surface area contributed by atoms with Crippen molar-refractivity contribution in [3.8, 4) is 21.1 Å². The van der Waals surface area contributed by atoms with Gasteiger partial charge in [0.1, 0.15) is 5.82 Å². The summed E-state index contributed by atoms with van der Waals surface area (Å²) < 4.78 is 16.3. The summed E-state index contributed by atoms with van der Waals surface area (Å²) >= 11 is 7.80. The highest BCUT2D eigenvalue weighted by Crippen LogP contribution is 2.33. The number of benzene rings is 1. The van der Waals surface area contributed by atoms with Crippen LogP contribution in [-0.4, -0.2) is 25.7 Å². The third-order valence-electron chi connectivity index (χ3n) is 4.26. The molecule has 0 aliphatic rings. The van der Waals surface area contributed by atoms with Gasteiger partial charge in [-0.1, -0.05) is 35.6 Å². The smallest absolute Gasteiger partial charge is 0.267 e. The average Bonchev–Trinajstić information content (AvgIpc) is 3.43. The van der Waals surface area contributed by atoms with Crippen molar-refractivity contribution in [1.29, 1.82) is 0 Å². The molecule has 0 saturated heterocycles. The van der Waals surface area contributed by atoms with Gasteiger partial charge < -0.3 is 0 Å². The van der Waals surface area contributed by atoms with Gasteiger partial charge in [0.2, 0.25) is 0 Å². The van der Waals surface area contributed by atoms with Crippen molar-refractivity contribution in [2.75, 3.05) is 5.32 Å². The number of anilines is 1. The van der Waals surface area contributed by atoms with Crippen LogP contribution in [0.1, 0.15) is 15.4 Å². The first kappa shape index (κ1) is 20.3. The molecule has 3 aromatic heterocycles. The van der Waals surface area contributed by atoms with E-state index in [1.54, 1.807) is 36.4 Å². The molecule has 30 heavy (non-hydrogen) atoms. The van der Waals surface area contributed by atoms with Crippen molar-refractivity contribution in [2.45, 2.75) is 13.5 Å². The number of aromatic nitrogens is 4. The van der Waals surface area contributed by atoms with Gasteiger partial charge in [-0.15, -0.1) is 17.9 Å². The second-order valence-corrected chi connectivity index (χ2v) is 8.75. The normalized spacial score (nSPS) is 10.9. The average molecular weight is 458 g/mol. The standard InChI is InChI=1S/C20H16FN5OS3/c1-3-10-26-17(24-25-20(26)28)16-11(2)22-19(30-16)23-18(27)15-9-8-14(29-15)12-6-4-5-7-13(12)21/h3-9H,1,10H2,2H3,(H,25,28)(H,22,23,27). The maximum Gasteiger partial charge on any atom is 0.267 e. The molecule has 2 N–H and O–H groups in total. The lowest BCUT2D eigenvalue weighted by Crippen LogP contribution is -2.09. The number of hydrogen-bond acceptors (Lipinski definition) is 6. The molecule has 0 atom stereocenters. The van der Waals surface area contributed by atoms with E-state index in [2.05, 4.69) is 27.1 Å². The third kappa shape index (κ3) is 3.89. The molecule has 6 nitrogen and oxygen atoms in total. The van der Waals surface area contributed by atoms with Crippen LogP contribution >= 0.6 is 34.9 Å². The third-order valence-corrected chi connectivity index (χ3v) is 6.76. The number of hydrogen-bond donors (Lipinski definition) is 2. The van der Waals surface area contributed by atoms with Crippen LogP contribution in [0, 0.1) is 17.5 Å². The molecule has 0 bridgehead atoms. The number of thiophene rings is 1. The Morgan fingerprint density at radius 1 is 1.33 bits per heavy atom. The number of allylic oxidation sites excluding steroid dienone is 1. The summed E-state index contributed by atoms with van der Waals surface area (Å²) in [5.41, 5.74) is 1.20. The van der Waals surface area contributed by atoms with E-state index in [1.807, 2.05) is 11.5 Å². The van der Waals surface area contributed by atoms with Gasteiger partial charge in [0, 0.05) is 17.0 Å². The molecule has 1 amide bonds. The van der Waals surface area contributed by atoms with E-state index < -0.39 is 0 Å².